The summed E-state index contributed by atoms with van der Waals surface area (Å²) in [5.41, 5.74) is 5.37. The zero-order valence-corrected chi connectivity index (χ0v) is 10.0. The fourth-order valence-corrected chi connectivity index (χ4v) is 2.12. The summed E-state index contributed by atoms with van der Waals surface area (Å²) in [6.45, 7) is 2.40. The molecule has 6 nitrogen and oxygen atoms in total. The second-order valence-corrected chi connectivity index (χ2v) is 4.57. The molecule has 0 aliphatic carbocycles. The van der Waals surface area contributed by atoms with Crippen molar-refractivity contribution >= 4 is 11.9 Å². The second-order valence-electron chi connectivity index (χ2n) is 4.57. The number of likely N-dealkylation sites (tertiary alicyclic amines) is 1. The largest absolute Gasteiger partial charge is 0.480 e. The molecule has 0 spiro atoms. The molecule has 0 bridgehead atoms. The molecule has 1 aliphatic rings. The molecule has 1 rings (SSSR count). The van der Waals surface area contributed by atoms with Crippen LogP contribution in [-0.2, 0) is 9.59 Å². The zero-order chi connectivity index (χ0) is 13.0. The Morgan fingerprint density at radius 1 is 1.53 bits per heavy atom. The third-order valence-electron chi connectivity index (χ3n) is 3.11. The van der Waals surface area contributed by atoms with Gasteiger partial charge in [0.25, 0.3) is 0 Å². The van der Waals surface area contributed by atoms with Crippen molar-refractivity contribution in [1.82, 2.24) is 4.90 Å². The number of aliphatic hydroxyl groups excluding tert-OH is 1. The molecule has 6 heteroatoms. The Balaban J connectivity index is 2.63. The summed E-state index contributed by atoms with van der Waals surface area (Å²) in [6.07, 6.45) is 0.766. The van der Waals surface area contributed by atoms with Crippen molar-refractivity contribution in [1.29, 1.82) is 0 Å². The van der Waals surface area contributed by atoms with E-state index in [4.69, 9.17) is 10.8 Å². The fourth-order valence-electron chi connectivity index (χ4n) is 2.12. The molecule has 3 atom stereocenters. The van der Waals surface area contributed by atoms with Crippen LogP contribution < -0.4 is 5.73 Å². The number of carbonyl (C=O) groups excluding carboxylic acids is 1. The predicted molar refractivity (Wildman–Crippen MR) is 61.2 cm³/mol. The number of carbonyl (C=O) groups is 2. The monoisotopic (exact) mass is 244 g/mol. The Hall–Kier alpha value is -1.14. The smallest absolute Gasteiger partial charge is 0.326 e. The summed E-state index contributed by atoms with van der Waals surface area (Å²) < 4.78 is 0. The van der Waals surface area contributed by atoms with Crippen LogP contribution in [0.15, 0.2) is 0 Å². The number of rotatable bonds is 5. The van der Waals surface area contributed by atoms with Crippen LogP contribution in [0.2, 0.25) is 0 Å². The molecule has 0 aromatic rings. The first-order valence-electron chi connectivity index (χ1n) is 5.88. The molecular weight excluding hydrogens is 224 g/mol. The maximum Gasteiger partial charge on any atom is 0.326 e. The van der Waals surface area contributed by atoms with E-state index in [-0.39, 0.29) is 24.8 Å². The SMILES string of the molecule is CC(CCCN)C(=O)N1CC(O)CC1C(=O)O. The van der Waals surface area contributed by atoms with Crippen LogP contribution in [0.25, 0.3) is 0 Å². The van der Waals surface area contributed by atoms with Gasteiger partial charge in [-0.05, 0) is 19.4 Å². The second kappa shape index (κ2) is 5.97. The van der Waals surface area contributed by atoms with E-state index in [1.54, 1.807) is 6.92 Å². The van der Waals surface area contributed by atoms with E-state index in [0.717, 1.165) is 6.42 Å². The quantitative estimate of drug-likeness (QED) is 0.599. The van der Waals surface area contributed by atoms with Gasteiger partial charge in [-0.25, -0.2) is 4.79 Å². The minimum Gasteiger partial charge on any atom is -0.480 e. The predicted octanol–water partition coefficient (Wildman–Crippen LogP) is -0.592. The highest BCUT2D eigenvalue weighted by Crippen LogP contribution is 2.22. The van der Waals surface area contributed by atoms with Gasteiger partial charge in [-0.15, -0.1) is 0 Å². The molecule has 1 saturated heterocycles. The van der Waals surface area contributed by atoms with Crippen LogP contribution >= 0.6 is 0 Å². The molecule has 3 unspecified atom stereocenters. The highest BCUT2D eigenvalue weighted by atomic mass is 16.4. The first-order chi connectivity index (χ1) is 7.97. The van der Waals surface area contributed by atoms with Gasteiger partial charge in [0.05, 0.1) is 6.10 Å². The van der Waals surface area contributed by atoms with Crippen molar-refractivity contribution in [3.8, 4) is 0 Å². The summed E-state index contributed by atoms with van der Waals surface area (Å²) in [5.74, 6) is -1.51. The van der Waals surface area contributed by atoms with E-state index < -0.39 is 18.1 Å². The number of aliphatic carboxylic acids is 1. The Bertz CT molecular complexity index is 295. The number of β-amino-alcohol motifs (C(OH)–C–C–N with tert-alkyl or cyclic N) is 1. The standard InChI is InChI=1S/C11H20N2O4/c1-7(3-2-4-12)10(15)13-6-8(14)5-9(13)11(16)17/h7-9,14H,2-6,12H2,1H3,(H,16,17). The summed E-state index contributed by atoms with van der Waals surface area (Å²) in [4.78, 5) is 24.3. The third-order valence-corrected chi connectivity index (χ3v) is 3.11. The highest BCUT2D eigenvalue weighted by Gasteiger charge is 2.39. The Kier molecular flexibility index (Phi) is 4.89. The molecule has 98 valence electrons. The molecule has 4 N–H and O–H groups in total. The zero-order valence-electron chi connectivity index (χ0n) is 10.0. The molecule has 17 heavy (non-hydrogen) atoms. The van der Waals surface area contributed by atoms with Gasteiger partial charge in [0.1, 0.15) is 6.04 Å². The Labute approximate surface area is 100 Å². The van der Waals surface area contributed by atoms with E-state index in [9.17, 15) is 14.7 Å². The summed E-state index contributed by atoms with van der Waals surface area (Å²) in [6, 6.07) is -0.891. The topological polar surface area (TPSA) is 104 Å². The van der Waals surface area contributed by atoms with E-state index in [1.807, 2.05) is 0 Å². The lowest BCUT2D eigenvalue weighted by molar-refractivity contribution is -0.149. The minimum atomic E-state index is -1.05. The first kappa shape index (κ1) is 13.9. The number of carboxylic acids is 1. The molecule has 1 amide bonds. The van der Waals surface area contributed by atoms with Gasteiger partial charge in [-0.2, -0.15) is 0 Å². The van der Waals surface area contributed by atoms with Crippen molar-refractivity contribution in [3.63, 3.8) is 0 Å². The first-order valence-corrected chi connectivity index (χ1v) is 5.88. The number of nitrogens with zero attached hydrogens (tertiary/aromatic N) is 1. The van der Waals surface area contributed by atoms with Gasteiger partial charge in [0, 0.05) is 18.9 Å². The number of amides is 1. The van der Waals surface area contributed by atoms with Gasteiger partial charge in [-0.1, -0.05) is 6.92 Å². The van der Waals surface area contributed by atoms with Crippen LogP contribution in [0.5, 0.6) is 0 Å². The molecular formula is C11H20N2O4. The van der Waals surface area contributed by atoms with Gasteiger partial charge < -0.3 is 20.8 Å². The van der Waals surface area contributed by atoms with Crippen molar-refractivity contribution in [2.24, 2.45) is 11.7 Å². The molecule has 0 aromatic carbocycles. The third kappa shape index (κ3) is 3.41. The summed E-state index contributed by atoms with van der Waals surface area (Å²) in [5, 5.41) is 18.4. The Morgan fingerprint density at radius 2 is 2.18 bits per heavy atom. The molecule has 0 saturated carbocycles. The van der Waals surface area contributed by atoms with E-state index >= 15 is 0 Å². The Morgan fingerprint density at radius 3 is 2.71 bits per heavy atom. The number of nitrogens with two attached hydrogens (primary N) is 1. The number of hydrogen-bond acceptors (Lipinski definition) is 4. The van der Waals surface area contributed by atoms with Gasteiger partial charge >= 0.3 is 5.97 Å². The van der Waals surface area contributed by atoms with Gasteiger partial charge in [-0.3, -0.25) is 4.79 Å². The fraction of sp³-hybridized carbons (Fsp3) is 0.818. The average molecular weight is 244 g/mol. The minimum absolute atomic E-state index is 0.114. The van der Waals surface area contributed by atoms with Crippen molar-refractivity contribution in [3.05, 3.63) is 0 Å². The van der Waals surface area contributed by atoms with E-state index in [1.165, 1.54) is 4.90 Å². The lowest BCUT2D eigenvalue weighted by Gasteiger charge is -2.24. The van der Waals surface area contributed by atoms with Crippen molar-refractivity contribution in [2.45, 2.75) is 38.3 Å². The number of carboxylic acid groups (broad SMARTS) is 1. The van der Waals surface area contributed by atoms with Crippen LogP contribution in [0.4, 0.5) is 0 Å². The molecule has 0 aromatic heterocycles. The maximum absolute atomic E-state index is 12.0. The number of aliphatic hydroxyl groups is 1. The van der Waals surface area contributed by atoms with Crippen molar-refractivity contribution in [2.75, 3.05) is 13.1 Å². The van der Waals surface area contributed by atoms with Crippen LogP contribution in [0, 0.1) is 5.92 Å². The van der Waals surface area contributed by atoms with Crippen molar-refractivity contribution < 1.29 is 19.8 Å². The van der Waals surface area contributed by atoms with Crippen LogP contribution in [0.3, 0.4) is 0 Å². The van der Waals surface area contributed by atoms with E-state index in [0.29, 0.717) is 13.0 Å². The molecule has 1 aliphatic heterocycles. The summed E-state index contributed by atoms with van der Waals surface area (Å²) in [7, 11) is 0. The lowest BCUT2D eigenvalue weighted by Crippen LogP contribution is -2.43. The van der Waals surface area contributed by atoms with Gasteiger partial charge in [0.15, 0.2) is 0 Å². The normalized spacial score (nSPS) is 25.9. The highest BCUT2D eigenvalue weighted by molar-refractivity contribution is 5.85. The van der Waals surface area contributed by atoms with Crippen LogP contribution in [-0.4, -0.2) is 52.2 Å². The molecule has 1 heterocycles. The maximum atomic E-state index is 12.0. The molecule has 1 fully saturated rings. The molecule has 0 radical (unpaired) electrons. The van der Waals surface area contributed by atoms with Crippen LogP contribution in [0.1, 0.15) is 26.2 Å². The average Bonchev–Trinajstić information content (AvgIpc) is 2.67. The lowest BCUT2D eigenvalue weighted by atomic mass is 10.0. The number of hydrogen-bond donors (Lipinski definition) is 3. The van der Waals surface area contributed by atoms with Gasteiger partial charge in [0.2, 0.25) is 5.91 Å². The van der Waals surface area contributed by atoms with E-state index in [2.05, 4.69) is 0 Å². The summed E-state index contributed by atoms with van der Waals surface area (Å²) >= 11 is 0.